The summed E-state index contributed by atoms with van der Waals surface area (Å²) in [5, 5.41) is 9.64. The maximum atomic E-state index is 11.7. The second-order valence-electron chi connectivity index (χ2n) is 3.70. The van der Waals surface area contributed by atoms with Gasteiger partial charge in [0.15, 0.2) is 11.0 Å². The first-order valence-electron chi connectivity index (χ1n) is 5.24. The summed E-state index contributed by atoms with van der Waals surface area (Å²) in [6, 6.07) is 7.44. The van der Waals surface area contributed by atoms with E-state index in [1.165, 1.54) is 6.92 Å². The number of Topliss-reactive ketones (excluding diaryl/α,β-unsaturated/α-hetero) is 1. The molecular weight excluding hydrogens is 254 g/mol. The lowest BCUT2D eigenvalue weighted by atomic mass is 10.1. The van der Waals surface area contributed by atoms with Crippen molar-refractivity contribution in [1.82, 2.24) is 5.32 Å². The van der Waals surface area contributed by atoms with Gasteiger partial charge in [0.05, 0.1) is 6.04 Å². The second-order valence-corrected chi connectivity index (χ2v) is 4.22. The van der Waals surface area contributed by atoms with Crippen LogP contribution in [0.1, 0.15) is 17.3 Å². The number of thiol groups is 1. The summed E-state index contributed by atoms with van der Waals surface area (Å²) >= 11 is 3.67. The number of carbonyl (C=O) groups excluding carboxylic acids is 2. The van der Waals surface area contributed by atoms with Crippen molar-refractivity contribution in [1.29, 1.82) is 0 Å². The number of hydrogen-bond acceptors (Lipinski definition) is 4. The van der Waals surface area contributed by atoms with Crippen LogP contribution in [0.15, 0.2) is 30.3 Å². The summed E-state index contributed by atoms with van der Waals surface area (Å²) < 4.78 is 0. The zero-order valence-electron chi connectivity index (χ0n) is 9.66. The molecule has 96 valence electrons. The van der Waals surface area contributed by atoms with Crippen molar-refractivity contribution >= 4 is 30.3 Å². The molecule has 0 aliphatic rings. The van der Waals surface area contributed by atoms with Gasteiger partial charge in [-0.25, -0.2) is 0 Å². The quantitative estimate of drug-likeness (QED) is 0.543. The zero-order chi connectivity index (χ0) is 13.7. The highest BCUT2D eigenvalue weighted by atomic mass is 32.1. The maximum absolute atomic E-state index is 11.7. The molecule has 2 atom stereocenters. The van der Waals surface area contributed by atoms with E-state index in [1.807, 2.05) is 0 Å². The third-order valence-corrected chi connectivity index (χ3v) is 2.79. The summed E-state index contributed by atoms with van der Waals surface area (Å²) in [6.45, 7) is 1.43. The number of rotatable bonds is 5. The van der Waals surface area contributed by atoms with Gasteiger partial charge in [0.25, 0.3) is 5.91 Å². The molecule has 0 fully saturated rings. The largest absolute Gasteiger partial charge is 0.480 e. The standard InChI is InChI=1S/C12H13NO4S/c1-7(9(14)10(18)12(16)17)13-11(15)8-5-3-2-4-6-8/h2-7,10,18H,1H3,(H,13,15)(H,16,17). The topological polar surface area (TPSA) is 83.5 Å². The lowest BCUT2D eigenvalue weighted by molar-refractivity contribution is -0.139. The molecule has 1 rings (SSSR count). The number of amides is 1. The molecule has 0 spiro atoms. The van der Waals surface area contributed by atoms with Crippen molar-refractivity contribution < 1.29 is 19.5 Å². The third kappa shape index (κ3) is 3.59. The van der Waals surface area contributed by atoms with Crippen LogP contribution in [0.2, 0.25) is 0 Å². The van der Waals surface area contributed by atoms with E-state index in [0.717, 1.165) is 0 Å². The molecule has 0 saturated carbocycles. The van der Waals surface area contributed by atoms with Crippen molar-refractivity contribution in [2.75, 3.05) is 0 Å². The van der Waals surface area contributed by atoms with E-state index in [9.17, 15) is 14.4 Å². The van der Waals surface area contributed by atoms with Gasteiger partial charge in [0.1, 0.15) is 0 Å². The summed E-state index contributed by atoms with van der Waals surface area (Å²) in [5.41, 5.74) is 0.406. The average molecular weight is 267 g/mol. The molecule has 0 aliphatic carbocycles. The Kier molecular flexibility index (Phi) is 4.91. The molecule has 0 radical (unpaired) electrons. The molecule has 18 heavy (non-hydrogen) atoms. The highest BCUT2D eigenvalue weighted by Crippen LogP contribution is 2.03. The number of hydrogen-bond donors (Lipinski definition) is 3. The molecule has 1 amide bonds. The smallest absolute Gasteiger partial charge is 0.324 e. The molecule has 0 aromatic heterocycles. The average Bonchev–Trinajstić information content (AvgIpc) is 2.37. The fourth-order valence-electron chi connectivity index (χ4n) is 1.30. The Morgan fingerprint density at radius 3 is 2.28 bits per heavy atom. The van der Waals surface area contributed by atoms with Gasteiger partial charge in [-0.2, -0.15) is 12.6 Å². The van der Waals surface area contributed by atoms with E-state index >= 15 is 0 Å². The molecular formula is C12H13NO4S. The van der Waals surface area contributed by atoms with Crippen LogP contribution in [0, 0.1) is 0 Å². The third-order valence-electron chi connectivity index (χ3n) is 2.31. The van der Waals surface area contributed by atoms with Crippen LogP contribution in [-0.4, -0.2) is 34.1 Å². The molecule has 5 nitrogen and oxygen atoms in total. The van der Waals surface area contributed by atoms with Gasteiger partial charge in [-0.05, 0) is 19.1 Å². The van der Waals surface area contributed by atoms with Gasteiger partial charge < -0.3 is 10.4 Å². The van der Waals surface area contributed by atoms with Crippen LogP contribution in [0.3, 0.4) is 0 Å². The van der Waals surface area contributed by atoms with Crippen LogP contribution >= 0.6 is 12.6 Å². The number of aliphatic carboxylic acids is 1. The van der Waals surface area contributed by atoms with Crippen molar-refractivity contribution in [2.45, 2.75) is 18.2 Å². The fraction of sp³-hybridized carbons (Fsp3) is 0.250. The van der Waals surface area contributed by atoms with Crippen LogP contribution in [0.4, 0.5) is 0 Å². The van der Waals surface area contributed by atoms with Crippen molar-refractivity contribution in [3.05, 3.63) is 35.9 Å². The number of benzene rings is 1. The van der Waals surface area contributed by atoms with Gasteiger partial charge in [0.2, 0.25) is 0 Å². The second kappa shape index (κ2) is 6.20. The molecule has 1 aromatic carbocycles. The predicted octanol–water partition coefficient (Wildman–Crippen LogP) is 0.757. The van der Waals surface area contributed by atoms with Crippen molar-refractivity contribution in [3.63, 3.8) is 0 Å². The minimum absolute atomic E-state index is 0.406. The van der Waals surface area contributed by atoms with E-state index in [4.69, 9.17) is 5.11 Å². The molecule has 2 unspecified atom stereocenters. The van der Waals surface area contributed by atoms with E-state index in [-0.39, 0.29) is 0 Å². The van der Waals surface area contributed by atoms with E-state index < -0.39 is 29.0 Å². The molecule has 0 aliphatic heterocycles. The first-order chi connectivity index (χ1) is 8.43. The van der Waals surface area contributed by atoms with Crippen LogP contribution in [0.5, 0.6) is 0 Å². The fourth-order valence-corrected chi connectivity index (χ4v) is 1.52. The Bertz CT molecular complexity index is 460. The highest BCUT2D eigenvalue weighted by Gasteiger charge is 2.27. The minimum Gasteiger partial charge on any atom is -0.480 e. The van der Waals surface area contributed by atoms with Crippen LogP contribution in [-0.2, 0) is 9.59 Å². The van der Waals surface area contributed by atoms with E-state index in [2.05, 4.69) is 17.9 Å². The summed E-state index contributed by atoms with van der Waals surface area (Å²) in [4.78, 5) is 33.9. The normalized spacial score (nSPS) is 13.4. The summed E-state index contributed by atoms with van der Waals surface area (Å²) in [7, 11) is 0. The van der Waals surface area contributed by atoms with Gasteiger partial charge in [-0.3, -0.25) is 14.4 Å². The van der Waals surface area contributed by atoms with Gasteiger partial charge in [-0.15, -0.1) is 0 Å². The Hall–Kier alpha value is -1.82. The van der Waals surface area contributed by atoms with E-state index in [1.54, 1.807) is 30.3 Å². The first kappa shape index (κ1) is 14.2. The number of carbonyl (C=O) groups is 3. The lowest BCUT2D eigenvalue weighted by Crippen LogP contribution is -2.44. The Morgan fingerprint density at radius 1 is 1.22 bits per heavy atom. The lowest BCUT2D eigenvalue weighted by Gasteiger charge is -2.14. The summed E-state index contributed by atoms with van der Waals surface area (Å²) in [6.07, 6.45) is 0. The molecule has 0 heterocycles. The minimum atomic E-state index is -1.43. The highest BCUT2D eigenvalue weighted by molar-refractivity contribution is 7.82. The monoisotopic (exact) mass is 267 g/mol. The number of nitrogens with one attached hydrogen (secondary N) is 1. The zero-order valence-corrected chi connectivity index (χ0v) is 10.6. The predicted molar refractivity (Wildman–Crippen MR) is 68.8 cm³/mol. The molecule has 0 saturated heterocycles. The number of carboxylic acid groups (broad SMARTS) is 1. The number of carboxylic acids is 1. The van der Waals surface area contributed by atoms with Crippen molar-refractivity contribution in [2.24, 2.45) is 0 Å². The van der Waals surface area contributed by atoms with Gasteiger partial charge >= 0.3 is 5.97 Å². The SMILES string of the molecule is CC(NC(=O)c1ccccc1)C(=O)C(S)C(=O)O. The Morgan fingerprint density at radius 2 is 1.78 bits per heavy atom. The Labute approximate surface area is 110 Å². The van der Waals surface area contributed by atoms with Crippen molar-refractivity contribution in [3.8, 4) is 0 Å². The molecule has 2 N–H and O–H groups in total. The molecule has 0 bridgehead atoms. The van der Waals surface area contributed by atoms with Gasteiger partial charge in [-0.1, -0.05) is 18.2 Å². The Balaban J connectivity index is 2.66. The molecule has 6 heteroatoms. The van der Waals surface area contributed by atoms with E-state index in [0.29, 0.717) is 5.56 Å². The maximum Gasteiger partial charge on any atom is 0.324 e. The summed E-state index contributed by atoms with van der Waals surface area (Å²) in [5.74, 6) is -2.42. The van der Waals surface area contributed by atoms with Crippen LogP contribution < -0.4 is 5.32 Å². The van der Waals surface area contributed by atoms with Gasteiger partial charge in [0, 0.05) is 5.56 Å². The number of ketones is 1. The molecule has 1 aromatic rings. The first-order valence-corrected chi connectivity index (χ1v) is 5.75. The van der Waals surface area contributed by atoms with Crippen LogP contribution in [0.25, 0.3) is 0 Å².